The Balaban J connectivity index is 1.56. The van der Waals surface area contributed by atoms with Crippen molar-refractivity contribution >= 4 is 5.91 Å². The Morgan fingerprint density at radius 2 is 2.12 bits per heavy atom. The lowest BCUT2D eigenvalue weighted by Crippen LogP contribution is -2.35. The number of aryl methyl sites for hydroxylation is 2. The molecule has 1 unspecified atom stereocenters. The van der Waals surface area contributed by atoms with Crippen LogP contribution in [0.25, 0.3) is 0 Å². The number of nitrogens with zero attached hydrogens (tertiary/aromatic N) is 3. The number of amides is 1. The van der Waals surface area contributed by atoms with Gasteiger partial charge in [-0.1, -0.05) is 5.21 Å². The van der Waals surface area contributed by atoms with E-state index < -0.39 is 17.4 Å². The molecule has 0 fully saturated rings. The summed E-state index contributed by atoms with van der Waals surface area (Å²) in [5, 5.41) is 19.9. The molecule has 24 heavy (non-hydrogen) atoms. The number of phenols is 1. The van der Waals surface area contributed by atoms with E-state index >= 15 is 0 Å². The molecule has 1 aliphatic carbocycles. The van der Waals surface area contributed by atoms with Gasteiger partial charge in [0, 0.05) is 43.6 Å². The Labute approximate surface area is 137 Å². The van der Waals surface area contributed by atoms with Gasteiger partial charge in [0.15, 0.2) is 0 Å². The topological polar surface area (TPSA) is 80.0 Å². The van der Waals surface area contributed by atoms with E-state index in [-0.39, 0.29) is 30.4 Å². The van der Waals surface area contributed by atoms with Crippen LogP contribution < -0.4 is 5.32 Å². The van der Waals surface area contributed by atoms with E-state index in [2.05, 4.69) is 15.6 Å². The number of hydrogen-bond donors (Lipinski definition) is 2. The SMILES string of the molecule is Cn1nnc2c1CC(C(=O)NCCc1c(F)cc(O)cc1F)CC2. The second-order valence-corrected chi connectivity index (χ2v) is 5.98. The Hall–Kier alpha value is -2.51. The maximum Gasteiger partial charge on any atom is 0.223 e. The second kappa shape index (κ2) is 6.54. The Bertz CT molecular complexity index is 752. The zero-order valence-electron chi connectivity index (χ0n) is 13.2. The van der Waals surface area contributed by atoms with Crippen LogP contribution in [0.5, 0.6) is 5.75 Å². The fourth-order valence-corrected chi connectivity index (χ4v) is 3.02. The number of aromatic hydroxyl groups is 1. The monoisotopic (exact) mass is 336 g/mol. The van der Waals surface area contributed by atoms with Crippen molar-refractivity contribution in [2.24, 2.45) is 13.0 Å². The maximum atomic E-state index is 13.6. The molecule has 3 rings (SSSR count). The first kappa shape index (κ1) is 16.4. The van der Waals surface area contributed by atoms with Crippen molar-refractivity contribution in [1.29, 1.82) is 0 Å². The summed E-state index contributed by atoms with van der Waals surface area (Å²) in [5.41, 5.74) is 1.74. The third kappa shape index (κ3) is 3.22. The zero-order chi connectivity index (χ0) is 17.3. The summed E-state index contributed by atoms with van der Waals surface area (Å²) in [6.07, 6.45) is 1.96. The highest BCUT2D eigenvalue weighted by Gasteiger charge is 2.27. The molecular weight excluding hydrogens is 318 g/mol. The standard InChI is InChI=1S/C16H18F2N4O2/c1-22-15-6-9(2-3-14(15)20-21-22)16(24)19-5-4-11-12(17)7-10(23)8-13(11)18/h7-9,23H,2-6H2,1H3,(H,19,24). The molecule has 1 heterocycles. The molecule has 1 aromatic carbocycles. The molecule has 6 nitrogen and oxygen atoms in total. The van der Waals surface area contributed by atoms with Crippen LogP contribution in [0.1, 0.15) is 23.4 Å². The molecule has 128 valence electrons. The summed E-state index contributed by atoms with van der Waals surface area (Å²) >= 11 is 0. The molecule has 2 aromatic rings. The highest BCUT2D eigenvalue weighted by molar-refractivity contribution is 5.79. The molecule has 1 amide bonds. The van der Waals surface area contributed by atoms with Gasteiger partial charge in [-0.05, 0) is 19.3 Å². The first-order valence-corrected chi connectivity index (χ1v) is 7.77. The number of benzene rings is 1. The van der Waals surface area contributed by atoms with Gasteiger partial charge in [0.05, 0.1) is 11.4 Å². The van der Waals surface area contributed by atoms with Crippen LogP contribution in [0, 0.1) is 17.6 Å². The van der Waals surface area contributed by atoms with Gasteiger partial charge in [-0.3, -0.25) is 9.48 Å². The third-order valence-corrected chi connectivity index (χ3v) is 4.36. The molecule has 0 radical (unpaired) electrons. The van der Waals surface area contributed by atoms with E-state index in [1.165, 1.54) is 0 Å². The van der Waals surface area contributed by atoms with Crippen molar-refractivity contribution in [2.45, 2.75) is 25.7 Å². The van der Waals surface area contributed by atoms with Crippen LogP contribution in [0.4, 0.5) is 8.78 Å². The molecule has 0 saturated heterocycles. The van der Waals surface area contributed by atoms with Gasteiger partial charge in [-0.2, -0.15) is 0 Å². The van der Waals surface area contributed by atoms with Crippen molar-refractivity contribution in [3.63, 3.8) is 0 Å². The average Bonchev–Trinajstić information content (AvgIpc) is 2.90. The van der Waals surface area contributed by atoms with Crippen molar-refractivity contribution in [1.82, 2.24) is 20.3 Å². The van der Waals surface area contributed by atoms with Gasteiger partial charge in [0.1, 0.15) is 17.4 Å². The minimum absolute atomic E-state index is 0.0227. The number of carbonyl (C=O) groups is 1. The first-order valence-electron chi connectivity index (χ1n) is 7.77. The van der Waals surface area contributed by atoms with Crippen LogP contribution in [0.2, 0.25) is 0 Å². The van der Waals surface area contributed by atoms with E-state index in [1.807, 2.05) is 0 Å². The van der Waals surface area contributed by atoms with E-state index in [1.54, 1.807) is 11.7 Å². The molecule has 1 aliphatic rings. The number of nitrogens with one attached hydrogen (secondary N) is 1. The van der Waals surface area contributed by atoms with Gasteiger partial charge in [0.2, 0.25) is 5.91 Å². The summed E-state index contributed by atoms with van der Waals surface area (Å²) in [6, 6.07) is 1.72. The number of halogens is 2. The van der Waals surface area contributed by atoms with Crippen molar-refractivity contribution in [2.75, 3.05) is 6.54 Å². The van der Waals surface area contributed by atoms with Gasteiger partial charge >= 0.3 is 0 Å². The molecular formula is C16H18F2N4O2. The zero-order valence-corrected chi connectivity index (χ0v) is 13.2. The number of aromatic nitrogens is 3. The first-order chi connectivity index (χ1) is 11.5. The molecule has 1 aromatic heterocycles. The highest BCUT2D eigenvalue weighted by atomic mass is 19.1. The summed E-state index contributed by atoms with van der Waals surface area (Å²) in [5.74, 6) is -2.42. The number of fused-ring (bicyclic) bond motifs is 1. The molecule has 0 bridgehead atoms. The summed E-state index contributed by atoms with van der Waals surface area (Å²) in [6.45, 7) is 0.129. The lowest BCUT2D eigenvalue weighted by molar-refractivity contribution is -0.125. The van der Waals surface area contributed by atoms with Crippen LogP contribution in [-0.4, -0.2) is 32.6 Å². The third-order valence-electron chi connectivity index (χ3n) is 4.36. The minimum Gasteiger partial charge on any atom is -0.508 e. The van der Waals surface area contributed by atoms with Crippen molar-refractivity contribution in [3.8, 4) is 5.75 Å². The Kier molecular flexibility index (Phi) is 4.46. The number of carbonyl (C=O) groups excluding carboxylic acids is 1. The van der Waals surface area contributed by atoms with Crippen LogP contribution >= 0.6 is 0 Å². The highest BCUT2D eigenvalue weighted by Crippen LogP contribution is 2.24. The Morgan fingerprint density at radius 1 is 1.42 bits per heavy atom. The predicted octanol–water partition coefficient (Wildman–Crippen LogP) is 1.26. The van der Waals surface area contributed by atoms with Crippen LogP contribution in [0.15, 0.2) is 12.1 Å². The summed E-state index contributed by atoms with van der Waals surface area (Å²) < 4.78 is 28.9. The summed E-state index contributed by atoms with van der Waals surface area (Å²) in [7, 11) is 1.79. The van der Waals surface area contributed by atoms with Crippen molar-refractivity contribution < 1.29 is 18.7 Å². The second-order valence-electron chi connectivity index (χ2n) is 5.98. The number of rotatable bonds is 4. The molecule has 2 N–H and O–H groups in total. The molecule has 0 spiro atoms. The minimum atomic E-state index is -0.815. The molecule has 0 saturated carbocycles. The van der Waals surface area contributed by atoms with Gasteiger partial charge < -0.3 is 10.4 Å². The number of phenolic OH excluding ortho intramolecular Hbond substituents is 1. The van der Waals surface area contributed by atoms with E-state index in [9.17, 15) is 13.6 Å². The van der Waals surface area contributed by atoms with Crippen LogP contribution in [-0.2, 0) is 31.1 Å². The average molecular weight is 336 g/mol. The fraction of sp³-hybridized carbons (Fsp3) is 0.438. The molecule has 8 heteroatoms. The van der Waals surface area contributed by atoms with Crippen LogP contribution in [0.3, 0.4) is 0 Å². The Morgan fingerprint density at radius 3 is 2.83 bits per heavy atom. The van der Waals surface area contributed by atoms with E-state index in [0.717, 1.165) is 23.5 Å². The van der Waals surface area contributed by atoms with Crippen molar-refractivity contribution in [3.05, 3.63) is 40.7 Å². The van der Waals surface area contributed by atoms with Gasteiger partial charge in [-0.25, -0.2) is 8.78 Å². The normalized spacial score (nSPS) is 16.7. The van der Waals surface area contributed by atoms with Gasteiger partial charge in [0.25, 0.3) is 0 Å². The summed E-state index contributed by atoms with van der Waals surface area (Å²) in [4.78, 5) is 12.3. The smallest absolute Gasteiger partial charge is 0.223 e. The quantitative estimate of drug-likeness (QED) is 0.881. The number of hydrogen-bond acceptors (Lipinski definition) is 4. The lowest BCUT2D eigenvalue weighted by Gasteiger charge is -2.21. The fourth-order valence-electron chi connectivity index (χ4n) is 3.02. The van der Waals surface area contributed by atoms with Gasteiger partial charge in [-0.15, -0.1) is 5.10 Å². The van der Waals surface area contributed by atoms with E-state index in [0.29, 0.717) is 19.3 Å². The molecule has 0 aliphatic heterocycles. The van der Waals surface area contributed by atoms with E-state index in [4.69, 9.17) is 5.11 Å². The molecule has 1 atom stereocenters. The largest absolute Gasteiger partial charge is 0.508 e. The lowest BCUT2D eigenvalue weighted by atomic mass is 9.89. The predicted molar refractivity (Wildman–Crippen MR) is 81.3 cm³/mol. The maximum absolute atomic E-state index is 13.6.